The molecule has 1 unspecified atom stereocenters. The van der Waals surface area contributed by atoms with Gasteiger partial charge in [-0.1, -0.05) is 11.8 Å². The van der Waals surface area contributed by atoms with Gasteiger partial charge in [0.05, 0.1) is 0 Å². The Bertz CT molecular complexity index is 441. The first kappa shape index (κ1) is 13.9. The van der Waals surface area contributed by atoms with Crippen molar-refractivity contribution in [2.24, 2.45) is 0 Å². The Kier molecular flexibility index (Phi) is 4.47. The van der Waals surface area contributed by atoms with E-state index in [1.807, 2.05) is 13.2 Å². The third-order valence-electron chi connectivity index (χ3n) is 2.83. The van der Waals surface area contributed by atoms with Crippen LogP contribution in [0.3, 0.4) is 0 Å². The first-order valence-corrected chi connectivity index (χ1v) is 7.52. The predicted molar refractivity (Wildman–Crippen MR) is 77.6 cm³/mol. The van der Waals surface area contributed by atoms with Crippen molar-refractivity contribution in [2.75, 3.05) is 23.9 Å². The highest BCUT2D eigenvalue weighted by molar-refractivity contribution is 7.98. The van der Waals surface area contributed by atoms with E-state index in [0.717, 1.165) is 18.7 Å². The number of hydrogen-bond acceptors (Lipinski definition) is 6. The number of anilines is 2. The molecule has 0 aliphatic heterocycles. The number of nitrogens with one attached hydrogen (secondary N) is 3. The highest BCUT2D eigenvalue weighted by Gasteiger charge is 2.25. The van der Waals surface area contributed by atoms with Gasteiger partial charge in [-0.25, -0.2) is 9.97 Å². The minimum absolute atomic E-state index is 0.0119. The van der Waals surface area contributed by atoms with Gasteiger partial charge in [0, 0.05) is 19.2 Å². The van der Waals surface area contributed by atoms with Crippen LogP contribution >= 0.6 is 11.8 Å². The van der Waals surface area contributed by atoms with E-state index < -0.39 is 0 Å². The van der Waals surface area contributed by atoms with Crippen LogP contribution in [-0.2, 0) is 4.79 Å². The van der Waals surface area contributed by atoms with E-state index in [-0.39, 0.29) is 11.9 Å². The van der Waals surface area contributed by atoms with Gasteiger partial charge in [0.2, 0.25) is 5.91 Å². The number of aromatic nitrogens is 2. The van der Waals surface area contributed by atoms with Crippen LogP contribution in [0, 0.1) is 0 Å². The SMILES string of the molecule is CNc1cc(NC(C)C(=O)NC2CC2)nc(SC)n1. The quantitative estimate of drug-likeness (QED) is 0.539. The zero-order chi connectivity index (χ0) is 13.8. The highest BCUT2D eigenvalue weighted by atomic mass is 32.2. The largest absolute Gasteiger partial charge is 0.373 e. The molecule has 104 valence electrons. The van der Waals surface area contributed by atoms with Crippen LogP contribution in [0.4, 0.5) is 11.6 Å². The van der Waals surface area contributed by atoms with Gasteiger partial charge in [0.1, 0.15) is 17.7 Å². The molecule has 2 rings (SSSR count). The maximum atomic E-state index is 11.9. The lowest BCUT2D eigenvalue weighted by atomic mass is 10.3. The fourth-order valence-electron chi connectivity index (χ4n) is 1.56. The van der Waals surface area contributed by atoms with Gasteiger partial charge in [-0.05, 0) is 26.0 Å². The normalized spacial score (nSPS) is 15.7. The molecule has 7 heteroatoms. The van der Waals surface area contributed by atoms with Crippen LogP contribution in [0.25, 0.3) is 0 Å². The van der Waals surface area contributed by atoms with Crippen LogP contribution in [0.2, 0.25) is 0 Å². The molecule has 0 saturated heterocycles. The molecular formula is C12H19N5OS. The van der Waals surface area contributed by atoms with Crippen LogP contribution < -0.4 is 16.0 Å². The van der Waals surface area contributed by atoms with Crippen molar-refractivity contribution in [1.82, 2.24) is 15.3 Å². The Labute approximate surface area is 117 Å². The Hall–Kier alpha value is -1.50. The molecule has 1 atom stereocenters. The molecule has 1 saturated carbocycles. The van der Waals surface area contributed by atoms with Crippen molar-refractivity contribution in [3.8, 4) is 0 Å². The molecule has 0 spiro atoms. The summed E-state index contributed by atoms with van der Waals surface area (Å²) in [6.07, 6.45) is 4.10. The number of carbonyl (C=O) groups excluding carboxylic acids is 1. The van der Waals surface area contributed by atoms with Crippen molar-refractivity contribution in [3.05, 3.63) is 6.07 Å². The monoisotopic (exact) mass is 281 g/mol. The van der Waals surface area contributed by atoms with Crippen molar-refractivity contribution < 1.29 is 4.79 Å². The zero-order valence-electron chi connectivity index (χ0n) is 11.4. The lowest BCUT2D eigenvalue weighted by molar-refractivity contribution is -0.121. The first-order valence-electron chi connectivity index (χ1n) is 6.30. The Balaban J connectivity index is 2.01. The average Bonchev–Trinajstić information content (AvgIpc) is 3.21. The molecule has 0 aromatic carbocycles. The second-order valence-electron chi connectivity index (χ2n) is 4.52. The summed E-state index contributed by atoms with van der Waals surface area (Å²) in [5.74, 6) is 1.40. The molecular weight excluding hydrogens is 262 g/mol. The van der Waals surface area contributed by atoms with Crippen LogP contribution in [-0.4, -0.2) is 41.3 Å². The summed E-state index contributed by atoms with van der Waals surface area (Å²) in [7, 11) is 1.81. The summed E-state index contributed by atoms with van der Waals surface area (Å²) in [6, 6.07) is 1.85. The van der Waals surface area contributed by atoms with Gasteiger partial charge in [-0.3, -0.25) is 4.79 Å². The number of carbonyl (C=O) groups is 1. The Morgan fingerprint density at radius 1 is 1.42 bits per heavy atom. The van der Waals surface area contributed by atoms with Crippen molar-refractivity contribution in [3.63, 3.8) is 0 Å². The molecule has 1 aliphatic rings. The van der Waals surface area contributed by atoms with Crippen LogP contribution in [0.5, 0.6) is 0 Å². The van der Waals surface area contributed by atoms with Gasteiger partial charge in [0.25, 0.3) is 0 Å². The van der Waals surface area contributed by atoms with E-state index in [2.05, 4.69) is 25.9 Å². The second-order valence-corrected chi connectivity index (χ2v) is 5.30. The summed E-state index contributed by atoms with van der Waals surface area (Å²) >= 11 is 1.47. The second kappa shape index (κ2) is 6.10. The first-order chi connectivity index (χ1) is 9.12. The highest BCUT2D eigenvalue weighted by Crippen LogP contribution is 2.20. The molecule has 0 radical (unpaired) electrons. The van der Waals surface area contributed by atoms with E-state index in [4.69, 9.17) is 0 Å². The lowest BCUT2D eigenvalue weighted by Gasteiger charge is -2.15. The maximum Gasteiger partial charge on any atom is 0.242 e. The minimum atomic E-state index is -0.310. The smallest absolute Gasteiger partial charge is 0.242 e. The Morgan fingerprint density at radius 3 is 2.68 bits per heavy atom. The van der Waals surface area contributed by atoms with E-state index in [1.165, 1.54) is 11.8 Å². The summed E-state index contributed by atoms with van der Waals surface area (Å²) in [6.45, 7) is 1.83. The van der Waals surface area contributed by atoms with Gasteiger partial charge in [-0.2, -0.15) is 0 Å². The summed E-state index contributed by atoms with van der Waals surface area (Å²) in [5, 5.41) is 9.73. The molecule has 1 amide bonds. The molecule has 19 heavy (non-hydrogen) atoms. The number of amides is 1. The molecule has 1 heterocycles. The fourth-order valence-corrected chi connectivity index (χ4v) is 1.94. The minimum Gasteiger partial charge on any atom is -0.373 e. The molecule has 1 fully saturated rings. The topological polar surface area (TPSA) is 78.9 Å². The molecule has 0 bridgehead atoms. The molecule has 3 N–H and O–H groups in total. The van der Waals surface area contributed by atoms with Gasteiger partial charge in [0.15, 0.2) is 5.16 Å². The standard InChI is InChI=1S/C12H19N5OS/c1-7(11(18)15-8-4-5-8)14-10-6-9(13-2)16-12(17-10)19-3/h6-8H,4-5H2,1-3H3,(H,15,18)(H2,13,14,16,17). The summed E-state index contributed by atoms with van der Waals surface area (Å²) in [4.78, 5) is 20.5. The van der Waals surface area contributed by atoms with Gasteiger partial charge in [-0.15, -0.1) is 0 Å². The zero-order valence-corrected chi connectivity index (χ0v) is 12.2. The third kappa shape index (κ3) is 3.99. The third-order valence-corrected chi connectivity index (χ3v) is 3.37. The van der Waals surface area contributed by atoms with Gasteiger partial charge < -0.3 is 16.0 Å². The summed E-state index contributed by atoms with van der Waals surface area (Å²) in [5.41, 5.74) is 0. The molecule has 1 aliphatic carbocycles. The molecule has 1 aromatic heterocycles. The lowest BCUT2D eigenvalue weighted by Crippen LogP contribution is -2.38. The van der Waals surface area contributed by atoms with Crippen LogP contribution in [0.15, 0.2) is 11.2 Å². The van der Waals surface area contributed by atoms with E-state index in [9.17, 15) is 4.79 Å². The van der Waals surface area contributed by atoms with Gasteiger partial charge >= 0.3 is 0 Å². The molecule has 1 aromatic rings. The van der Waals surface area contributed by atoms with Crippen molar-refractivity contribution >= 4 is 29.3 Å². The Morgan fingerprint density at radius 2 is 2.11 bits per heavy atom. The van der Waals surface area contributed by atoms with Crippen LogP contribution in [0.1, 0.15) is 19.8 Å². The fraction of sp³-hybridized carbons (Fsp3) is 0.583. The number of thioether (sulfide) groups is 1. The maximum absolute atomic E-state index is 11.9. The van der Waals surface area contributed by atoms with E-state index in [1.54, 1.807) is 13.1 Å². The van der Waals surface area contributed by atoms with Crippen molar-refractivity contribution in [1.29, 1.82) is 0 Å². The average molecular weight is 281 g/mol. The number of rotatable bonds is 6. The van der Waals surface area contributed by atoms with Crippen molar-refractivity contribution in [2.45, 2.75) is 37.0 Å². The number of hydrogen-bond donors (Lipinski definition) is 3. The summed E-state index contributed by atoms with van der Waals surface area (Å²) < 4.78 is 0. The van der Waals surface area contributed by atoms with E-state index in [0.29, 0.717) is 17.0 Å². The molecule has 6 nitrogen and oxygen atoms in total. The van der Waals surface area contributed by atoms with E-state index >= 15 is 0 Å². The number of nitrogens with zero attached hydrogens (tertiary/aromatic N) is 2. The predicted octanol–water partition coefficient (Wildman–Crippen LogP) is 1.32.